The Kier molecular flexibility index (Phi) is 4.64. The number of nitro benzene ring substituents is 1. The lowest BCUT2D eigenvalue weighted by Gasteiger charge is -2.28. The van der Waals surface area contributed by atoms with Crippen molar-refractivity contribution in [2.75, 3.05) is 0 Å². The molecule has 104 valence electrons. The molecule has 1 aromatic carbocycles. The first-order valence-electron chi connectivity index (χ1n) is 6.70. The predicted octanol–water partition coefficient (Wildman–Crippen LogP) is 4.60. The minimum Gasteiger partial charge on any atom is -0.490 e. The van der Waals surface area contributed by atoms with E-state index in [0.717, 1.165) is 18.8 Å². The number of rotatable bonds is 4. The van der Waals surface area contributed by atoms with Crippen molar-refractivity contribution in [1.29, 1.82) is 0 Å². The van der Waals surface area contributed by atoms with Gasteiger partial charge in [0.1, 0.15) is 10.8 Å². The number of nitro groups is 1. The zero-order valence-electron chi connectivity index (χ0n) is 11.0. The summed E-state index contributed by atoms with van der Waals surface area (Å²) in [5.41, 5.74) is -0.0795. The molecule has 5 heteroatoms. The Balaban J connectivity index is 2.03. The van der Waals surface area contributed by atoms with Crippen molar-refractivity contribution in [3.63, 3.8) is 0 Å². The van der Waals surface area contributed by atoms with Crippen LogP contribution in [0.1, 0.15) is 39.0 Å². The van der Waals surface area contributed by atoms with Gasteiger partial charge in [-0.05, 0) is 31.2 Å². The molecular formula is C14H18ClNO3. The third-order valence-corrected chi connectivity index (χ3v) is 4.03. The summed E-state index contributed by atoms with van der Waals surface area (Å²) in [5, 5.41) is 10.8. The van der Waals surface area contributed by atoms with Gasteiger partial charge in [0.15, 0.2) is 0 Å². The maximum atomic E-state index is 10.7. The Labute approximate surface area is 117 Å². The second kappa shape index (κ2) is 6.24. The molecule has 1 aliphatic rings. The van der Waals surface area contributed by atoms with Crippen LogP contribution in [0.2, 0.25) is 5.02 Å². The smallest absolute Gasteiger partial charge is 0.288 e. The molecule has 0 spiro atoms. The predicted molar refractivity (Wildman–Crippen MR) is 74.8 cm³/mol. The lowest BCUT2D eigenvalue weighted by molar-refractivity contribution is -0.384. The van der Waals surface area contributed by atoms with Gasteiger partial charge in [-0.3, -0.25) is 10.1 Å². The Morgan fingerprint density at radius 2 is 2.26 bits per heavy atom. The van der Waals surface area contributed by atoms with Gasteiger partial charge < -0.3 is 4.74 Å². The second-order valence-corrected chi connectivity index (χ2v) is 5.46. The SMILES string of the molecule is CCC1CCCC(Oc2ccc([N+](=O)[O-])c(Cl)c2)C1. The summed E-state index contributed by atoms with van der Waals surface area (Å²) in [6.45, 7) is 2.20. The van der Waals surface area contributed by atoms with Crippen molar-refractivity contribution in [2.45, 2.75) is 45.1 Å². The van der Waals surface area contributed by atoms with E-state index in [9.17, 15) is 10.1 Å². The van der Waals surface area contributed by atoms with Gasteiger partial charge in [-0.15, -0.1) is 0 Å². The van der Waals surface area contributed by atoms with Crippen molar-refractivity contribution in [3.8, 4) is 5.75 Å². The van der Waals surface area contributed by atoms with Crippen LogP contribution < -0.4 is 4.74 Å². The number of benzene rings is 1. The number of halogens is 1. The van der Waals surface area contributed by atoms with Gasteiger partial charge in [0, 0.05) is 12.1 Å². The summed E-state index contributed by atoms with van der Waals surface area (Å²) >= 11 is 5.88. The lowest BCUT2D eigenvalue weighted by Crippen LogP contribution is -2.25. The first-order valence-corrected chi connectivity index (χ1v) is 7.08. The lowest BCUT2D eigenvalue weighted by atomic mass is 9.85. The Hall–Kier alpha value is -1.29. The quantitative estimate of drug-likeness (QED) is 0.599. The van der Waals surface area contributed by atoms with E-state index in [1.54, 1.807) is 6.07 Å². The summed E-state index contributed by atoms with van der Waals surface area (Å²) in [5.74, 6) is 1.35. The summed E-state index contributed by atoms with van der Waals surface area (Å²) in [6.07, 6.45) is 5.95. The summed E-state index contributed by atoms with van der Waals surface area (Å²) < 4.78 is 5.90. The van der Waals surface area contributed by atoms with Gasteiger partial charge in [-0.2, -0.15) is 0 Å². The molecule has 0 heterocycles. The molecular weight excluding hydrogens is 266 g/mol. The molecule has 0 amide bonds. The molecule has 0 aliphatic heterocycles. The van der Waals surface area contributed by atoms with E-state index in [0.29, 0.717) is 5.75 Å². The molecule has 0 aromatic heterocycles. The van der Waals surface area contributed by atoms with Crippen molar-refractivity contribution in [3.05, 3.63) is 33.3 Å². The average molecular weight is 284 g/mol. The number of hydrogen-bond donors (Lipinski definition) is 0. The van der Waals surface area contributed by atoms with Crippen LogP contribution in [0.3, 0.4) is 0 Å². The summed E-state index contributed by atoms with van der Waals surface area (Å²) in [4.78, 5) is 10.2. The van der Waals surface area contributed by atoms with Crippen LogP contribution in [0, 0.1) is 16.0 Å². The van der Waals surface area contributed by atoms with Crippen molar-refractivity contribution in [2.24, 2.45) is 5.92 Å². The van der Waals surface area contributed by atoms with Gasteiger partial charge in [0.2, 0.25) is 0 Å². The molecule has 1 fully saturated rings. The standard InChI is InChI=1S/C14H18ClNO3/c1-2-10-4-3-5-11(8-10)19-12-6-7-14(16(17)18)13(15)9-12/h6-7,9-11H,2-5,8H2,1H3. The highest BCUT2D eigenvalue weighted by Crippen LogP contribution is 2.32. The Morgan fingerprint density at radius 1 is 1.47 bits per heavy atom. The fourth-order valence-electron chi connectivity index (χ4n) is 2.62. The van der Waals surface area contributed by atoms with Gasteiger partial charge in [-0.25, -0.2) is 0 Å². The van der Waals surface area contributed by atoms with E-state index in [1.165, 1.54) is 31.4 Å². The summed E-state index contributed by atoms with van der Waals surface area (Å²) in [6, 6.07) is 4.56. The van der Waals surface area contributed by atoms with E-state index < -0.39 is 4.92 Å². The van der Waals surface area contributed by atoms with E-state index in [4.69, 9.17) is 16.3 Å². The van der Waals surface area contributed by atoms with Crippen LogP contribution in [-0.2, 0) is 0 Å². The molecule has 0 N–H and O–H groups in total. The first-order chi connectivity index (χ1) is 9.10. The van der Waals surface area contributed by atoms with E-state index in [1.807, 2.05) is 0 Å². The van der Waals surface area contributed by atoms with E-state index >= 15 is 0 Å². The number of nitrogens with zero attached hydrogens (tertiary/aromatic N) is 1. The molecule has 1 aromatic rings. The molecule has 19 heavy (non-hydrogen) atoms. The van der Waals surface area contributed by atoms with Crippen LogP contribution in [-0.4, -0.2) is 11.0 Å². The number of hydrogen-bond acceptors (Lipinski definition) is 3. The Bertz CT molecular complexity index is 464. The fourth-order valence-corrected chi connectivity index (χ4v) is 2.86. The highest BCUT2D eigenvalue weighted by molar-refractivity contribution is 6.32. The zero-order valence-corrected chi connectivity index (χ0v) is 11.7. The molecule has 1 aliphatic carbocycles. The van der Waals surface area contributed by atoms with Crippen molar-refractivity contribution < 1.29 is 9.66 Å². The van der Waals surface area contributed by atoms with Crippen LogP contribution in [0.15, 0.2) is 18.2 Å². The molecule has 2 unspecified atom stereocenters. The molecule has 0 radical (unpaired) electrons. The van der Waals surface area contributed by atoms with Crippen LogP contribution in [0.4, 0.5) is 5.69 Å². The van der Waals surface area contributed by atoms with Crippen molar-refractivity contribution >= 4 is 17.3 Å². The van der Waals surface area contributed by atoms with Gasteiger partial charge in [0.05, 0.1) is 11.0 Å². The highest BCUT2D eigenvalue weighted by Gasteiger charge is 2.22. The molecule has 4 nitrogen and oxygen atoms in total. The van der Waals surface area contributed by atoms with Gasteiger partial charge in [-0.1, -0.05) is 31.4 Å². The zero-order chi connectivity index (χ0) is 13.8. The molecule has 2 rings (SSSR count). The van der Waals surface area contributed by atoms with E-state index in [-0.39, 0.29) is 16.8 Å². The third-order valence-electron chi connectivity index (χ3n) is 3.73. The fraction of sp³-hybridized carbons (Fsp3) is 0.571. The minimum atomic E-state index is -0.486. The van der Waals surface area contributed by atoms with E-state index in [2.05, 4.69) is 6.92 Å². The van der Waals surface area contributed by atoms with Crippen LogP contribution in [0.25, 0.3) is 0 Å². The first kappa shape index (κ1) is 14.1. The second-order valence-electron chi connectivity index (χ2n) is 5.05. The van der Waals surface area contributed by atoms with Crippen molar-refractivity contribution in [1.82, 2.24) is 0 Å². The highest BCUT2D eigenvalue weighted by atomic mass is 35.5. The van der Waals surface area contributed by atoms with Gasteiger partial charge >= 0.3 is 0 Å². The van der Waals surface area contributed by atoms with Crippen LogP contribution in [0.5, 0.6) is 5.75 Å². The molecule has 0 bridgehead atoms. The van der Waals surface area contributed by atoms with Gasteiger partial charge in [0.25, 0.3) is 5.69 Å². The average Bonchev–Trinajstić information content (AvgIpc) is 2.38. The number of ether oxygens (including phenoxy) is 1. The topological polar surface area (TPSA) is 52.4 Å². The Morgan fingerprint density at radius 3 is 2.89 bits per heavy atom. The minimum absolute atomic E-state index is 0.0795. The largest absolute Gasteiger partial charge is 0.490 e. The molecule has 1 saturated carbocycles. The maximum absolute atomic E-state index is 10.7. The maximum Gasteiger partial charge on any atom is 0.288 e. The normalized spacial score (nSPS) is 23.1. The monoisotopic (exact) mass is 283 g/mol. The summed E-state index contributed by atoms with van der Waals surface area (Å²) in [7, 11) is 0. The van der Waals surface area contributed by atoms with Crippen LogP contribution >= 0.6 is 11.6 Å². The molecule has 0 saturated heterocycles. The third kappa shape index (κ3) is 3.60. The molecule has 2 atom stereocenters.